The zero-order chi connectivity index (χ0) is 13.2. The predicted octanol–water partition coefficient (Wildman–Crippen LogP) is 3.29. The summed E-state index contributed by atoms with van der Waals surface area (Å²) in [7, 11) is 0. The fourth-order valence-corrected chi connectivity index (χ4v) is 2.23. The Bertz CT molecular complexity index is 619. The number of hydrogen-bond donors (Lipinski definition) is 0. The second-order valence-corrected chi connectivity index (χ2v) is 4.56. The highest BCUT2D eigenvalue weighted by molar-refractivity contribution is 5.91. The van der Waals surface area contributed by atoms with Crippen LogP contribution in [0.4, 0.5) is 0 Å². The summed E-state index contributed by atoms with van der Waals surface area (Å²) < 4.78 is 11.0. The quantitative estimate of drug-likeness (QED) is 0.771. The van der Waals surface area contributed by atoms with E-state index in [2.05, 4.69) is 0 Å². The number of aryl methyl sites for hydroxylation is 1. The standard InChI is InChI=1S/C16H14O3/c1-11-6-2-3-7-12(11)16(17)19-15-10-18-14-9-5-4-8-13(14)15/h2-9,15H,10H2,1H3. The largest absolute Gasteiger partial charge is 0.489 e. The van der Waals surface area contributed by atoms with Gasteiger partial charge in [-0.15, -0.1) is 0 Å². The van der Waals surface area contributed by atoms with Gasteiger partial charge in [0.15, 0.2) is 6.10 Å². The van der Waals surface area contributed by atoms with Crippen LogP contribution in [0.5, 0.6) is 5.75 Å². The zero-order valence-electron chi connectivity index (χ0n) is 10.6. The van der Waals surface area contributed by atoms with Crippen molar-refractivity contribution in [3.8, 4) is 5.75 Å². The number of para-hydroxylation sites is 1. The maximum Gasteiger partial charge on any atom is 0.339 e. The summed E-state index contributed by atoms with van der Waals surface area (Å²) in [6.07, 6.45) is -0.316. The molecule has 19 heavy (non-hydrogen) atoms. The van der Waals surface area contributed by atoms with Crippen LogP contribution in [0.3, 0.4) is 0 Å². The molecule has 2 aromatic carbocycles. The molecule has 0 N–H and O–H groups in total. The lowest BCUT2D eigenvalue weighted by Gasteiger charge is -2.12. The molecule has 1 aliphatic heterocycles. The van der Waals surface area contributed by atoms with E-state index in [1.165, 1.54) is 0 Å². The van der Waals surface area contributed by atoms with E-state index in [9.17, 15) is 4.79 Å². The minimum absolute atomic E-state index is 0.302. The number of benzene rings is 2. The first-order chi connectivity index (χ1) is 9.25. The summed E-state index contributed by atoms with van der Waals surface area (Å²) in [5.41, 5.74) is 2.45. The van der Waals surface area contributed by atoms with Crippen LogP contribution < -0.4 is 4.74 Å². The summed E-state index contributed by atoms with van der Waals surface area (Å²) in [6, 6.07) is 15.1. The van der Waals surface area contributed by atoms with Crippen molar-refractivity contribution < 1.29 is 14.3 Å². The van der Waals surface area contributed by atoms with Gasteiger partial charge in [0.25, 0.3) is 0 Å². The molecule has 1 aliphatic rings. The van der Waals surface area contributed by atoms with Gasteiger partial charge in [0, 0.05) is 5.56 Å². The highest BCUT2D eigenvalue weighted by atomic mass is 16.6. The summed E-state index contributed by atoms with van der Waals surface area (Å²) in [5.74, 6) is 0.494. The van der Waals surface area contributed by atoms with Crippen molar-refractivity contribution >= 4 is 5.97 Å². The minimum atomic E-state index is -0.316. The Balaban J connectivity index is 1.81. The first-order valence-corrected chi connectivity index (χ1v) is 6.24. The van der Waals surface area contributed by atoms with Crippen LogP contribution in [0.15, 0.2) is 48.5 Å². The third kappa shape index (κ3) is 2.19. The van der Waals surface area contributed by atoms with Crippen molar-refractivity contribution in [2.24, 2.45) is 0 Å². The first-order valence-electron chi connectivity index (χ1n) is 6.24. The van der Waals surface area contributed by atoms with Crippen LogP contribution in [0, 0.1) is 6.92 Å². The van der Waals surface area contributed by atoms with E-state index in [0.717, 1.165) is 16.9 Å². The number of rotatable bonds is 2. The van der Waals surface area contributed by atoms with E-state index >= 15 is 0 Å². The Morgan fingerprint density at radius 1 is 1.16 bits per heavy atom. The fraction of sp³-hybridized carbons (Fsp3) is 0.188. The van der Waals surface area contributed by atoms with Gasteiger partial charge in [0.05, 0.1) is 5.56 Å². The summed E-state index contributed by atoms with van der Waals surface area (Å²) in [5, 5.41) is 0. The lowest BCUT2D eigenvalue weighted by atomic mass is 10.1. The summed E-state index contributed by atoms with van der Waals surface area (Å²) in [4.78, 5) is 12.2. The maximum atomic E-state index is 12.2. The van der Waals surface area contributed by atoms with Crippen molar-refractivity contribution in [1.29, 1.82) is 0 Å². The molecule has 2 aromatic rings. The van der Waals surface area contributed by atoms with Gasteiger partial charge in [0.2, 0.25) is 0 Å². The van der Waals surface area contributed by atoms with E-state index in [-0.39, 0.29) is 12.1 Å². The predicted molar refractivity (Wildman–Crippen MR) is 71.3 cm³/mol. The van der Waals surface area contributed by atoms with Crippen LogP contribution in [0.1, 0.15) is 27.6 Å². The molecular formula is C16H14O3. The Morgan fingerprint density at radius 2 is 1.89 bits per heavy atom. The van der Waals surface area contributed by atoms with E-state index in [4.69, 9.17) is 9.47 Å². The highest BCUT2D eigenvalue weighted by Gasteiger charge is 2.27. The third-order valence-corrected chi connectivity index (χ3v) is 3.27. The molecule has 0 saturated heterocycles. The van der Waals surface area contributed by atoms with Crippen LogP contribution in [0.2, 0.25) is 0 Å². The van der Waals surface area contributed by atoms with Crippen molar-refractivity contribution in [1.82, 2.24) is 0 Å². The average Bonchev–Trinajstić information content (AvgIpc) is 2.83. The van der Waals surface area contributed by atoms with E-state index in [1.54, 1.807) is 6.07 Å². The molecular weight excluding hydrogens is 240 g/mol. The van der Waals surface area contributed by atoms with Crippen molar-refractivity contribution in [3.63, 3.8) is 0 Å². The third-order valence-electron chi connectivity index (χ3n) is 3.27. The molecule has 0 amide bonds. The zero-order valence-corrected chi connectivity index (χ0v) is 10.6. The molecule has 96 valence electrons. The molecule has 0 radical (unpaired) electrons. The summed E-state index contributed by atoms with van der Waals surface area (Å²) >= 11 is 0. The van der Waals surface area contributed by atoms with Gasteiger partial charge in [-0.2, -0.15) is 0 Å². The number of fused-ring (bicyclic) bond motifs is 1. The Morgan fingerprint density at radius 3 is 2.74 bits per heavy atom. The Labute approximate surface area is 111 Å². The molecule has 0 aromatic heterocycles. The Kier molecular flexibility index (Phi) is 2.95. The normalized spacial score (nSPS) is 16.6. The second-order valence-electron chi connectivity index (χ2n) is 4.56. The fourth-order valence-electron chi connectivity index (χ4n) is 2.23. The lowest BCUT2D eigenvalue weighted by Crippen LogP contribution is -2.13. The van der Waals surface area contributed by atoms with Gasteiger partial charge < -0.3 is 9.47 Å². The smallest absolute Gasteiger partial charge is 0.339 e. The molecule has 0 saturated carbocycles. The van der Waals surface area contributed by atoms with Gasteiger partial charge >= 0.3 is 5.97 Å². The molecule has 1 atom stereocenters. The summed E-state index contributed by atoms with van der Waals surface area (Å²) in [6.45, 7) is 2.28. The van der Waals surface area contributed by atoms with Crippen molar-refractivity contribution in [2.45, 2.75) is 13.0 Å². The average molecular weight is 254 g/mol. The number of ether oxygens (including phenoxy) is 2. The molecule has 3 heteroatoms. The lowest BCUT2D eigenvalue weighted by molar-refractivity contribution is 0.0247. The topological polar surface area (TPSA) is 35.5 Å². The van der Waals surface area contributed by atoms with Gasteiger partial charge in [-0.3, -0.25) is 0 Å². The number of hydrogen-bond acceptors (Lipinski definition) is 3. The number of carbonyl (C=O) groups excluding carboxylic acids is 1. The number of esters is 1. The van der Waals surface area contributed by atoms with E-state index in [1.807, 2.05) is 49.4 Å². The SMILES string of the molecule is Cc1ccccc1C(=O)OC1COc2ccccc21. The molecule has 0 fully saturated rings. The van der Waals surface area contributed by atoms with Gasteiger partial charge in [0.1, 0.15) is 12.4 Å². The molecule has 0 spiro atoms. The van der Waals surface area contributed by atoms with E-state index < -0.39 is 0 Å². The molecule has 0 aliphatic carbocycles. The molecule has 1 unspecified atom stereocenters. The molecule has 3 nitrogen and oxygen atoms in total. The van der Waals surface area contributed by atoms with Crippen LogP contribution >= 0.6 is 0 Å². The second kappa shape index (κ2) is 4.76. The van der Waals surface area contributed by atoms with Gasteiger partial charge in [-0.25, -0.2) is 4.79 Å². The van der Waals surface area contributed by atoms with Gasteiger partial charge in [-0.05, 0) is 24.6 Å². The highest BCUT2D eigenvalue weighted by Crippen LogP contribution is 2.34. The molecule has 3 rings (SSSR count). The van der Waals surface area contributed by atoms with Crippen LogP contribution in [-0.4, -0.2) is 12.6 Å². The van der Waals surface area contributed by atoms with Gasteiger partial charge in [-0.1, -0.05) is 36.4 Å². The minimum Gasteiger partial charge on any atom is -0.489 e. The van der Waals surface area contributed by atoms with Crippen molar-refractivity contribution in [2.75, 3.05) is 6.61 Å². The van der Waals surface area contributed by atoms with Crippen molar-refractivity contribution in [3.05, 3.63) is 65.2 Å². The first kappa shape index (κ1) is 11.8. The van der Waals surface area contributed by atoms with Crippen LogP contribution in [0.25, 0.3) is 0 Å². The maximum absolute atomic E-state index is 12.2. The van der Waals surface area contributed by atoms with E-state index in [0.29, 0.717) is 12.2 Å². The van der Waals surface area contributed by atoms with Crippen LogP contribution in [-0.2, 0) is 4.74 Å². The molecule has 1 heterocycles. The number of carbonyl (C=O) groups is 1. The monoisotopic (exact) mass is 254 g/mol. The Hall–Kier alpha value is -2.29. The molecule has 0 bridgehead atoms.